The standard InChI is InChI=1S/C11H16BrN3O3S2/c1-7-8(6-9(12)19-7)20(17,18)15-11(10(13)14-16)4-2-3-5-11/h6,15-16H,2-5H2,1H3,(H2,13,14). The van der Waals surface area contributed by atoms with Crippen LogP contribution in [0.15, 0.2) is 19.9 Å². The Kier molecular flexibility index (Phi) is 4.43. The molecule has 0 amide bonds. The van der Waals surface area contributed by atoms with Crippen LogP contribution in [0.3, 0.4) is 0 Å². The summed E-state index contributed by atoms with van der Waals surface area (Å²) in [6, 6.07) is 1.57. The van der Waals surface area contributed by atoms with Crippen molar-refractivity contribution in [3.63, 3.8) is 0 Å². The van der Waals surface area contributed by atoms with E-state index in [0.29, 0.717) is 17.7 Å². The molecule has 0 atom stereocenters. The molecule has 1 fully saturated rings. The van der Waals surface area contributed by atoms with E-state index in [1.807, 2.05) is 0 Å². The summed E-state index contributed by atoms with van der Waals surface area (Å²) in [6.45, 7) is 1.74. The fraction of sp³-hybridized carbons (Fsp3) is 0.545. The number of aryl methyl sites for hydroxylation is 1. The molecule has 1 aromatic rings. The van der Waals surface area contributed by atoms with Crippen LogP contribution in [0.25, 0.3) is 0 Å². The predicted octanol–water partition coefficient (Wildman–Crippen LogP) is 2.16. The van der Waals surface area contributed by atoms with Crippen LogP contribution in [0.4, 0.5) is 0 Å². The number of halogens is 1. The van der Waals surface area contributed by atoms with Crippen LogP contribution in [0, 0.1) is 6.92 Å². The van der Waals surface area contributed by atoms with Crippen LogP contribution in [0.5, 0.6) is 0 Å². The van der Waals surface area contributed by atoms with E-state index in [0.717, 1.165) is 16.6 Å². The second kappa shape index (κ2) is 5.63. The quantitative estimate of drug-likeness (QED) is 0.321. The van der Waals surface area contributed by atoms with Crippen molar-refractivity contribution in [3.05, 3.63) is 14.7 Å². The topological polar surface area (TPSA) is 105 Å². The molecular formula is C11H16BrN3O3S2. The number of sulfonamides is 1. The maximum Gasteiger partial charge on any atom is 0.242 e. The van der Waals surface area contributed by atoms with Gasteiger partial charge in [-0.1, -0.05) is 18.0 Å². The molecule has 0 aliphatic heterocycles. The minimum Gasteiger partial charge on any atom is -0.409 e. The van der Waals surface area contributed by atoms with E-state index in [4.69, 9.17) is 10.9 Å². The molecule has 9 heteroatoms. The molecule has 1 heterocycles. The van der Waals surface area contributed by atoms with Gasteiger partial charge in [0.15, 0.2) is 5.84 Å². The van der Waals surface area contributed by atoms with Crippen molar-refractivity contribution < 1.29 is 13.6 Å². The zero-order valence-corrected chi connectivity index (χ0v) is 14.1. The normalized spacial score (nSPS) is 19.4. The van der Waals surface area contributed by atoms with E-state index < -0.39 is 15.6 Å². The van der Waals surface area contributed by atoms with Crippen molar-refractivity contribution in [1.29, 1.82) is 0 Å². The van der Waals surface area contributed by atoms with Gasteiger partial charge in [-0.3, -0.25) is 0 Å². The Morgan fingerprint density at radius 1 is 1.55 bits per heavy atom. The number of oxime groups is 1. The van der Waals surface area contributed by atoms with E-state index in [1.54, 1.807) is 13.0 Å². The Labute approximate surface area is 130 Å². The smallest absolute Gasteiger partial charge is 0.242 e. The van der Waals surface area contributed by atoms with Gasteiger partial charge >= 0.3 is 0 Å². The van der Waals surface area contributed by atoms with Gasteiger partial charge < -0.3 is 10.9 Å². The summed E-state index contributed by atoms with van der Waals surface area (Å²) >= 11 is 4.64. The average Bonchev–Trinajstić information content (AvgIpc) is 2.95. The van der Waals surface area contributed by atoms with Crippen molar-refractivity contribution in [3.8, 4) is 0 Å². The summed E-state index contributed by atoms with van der Waals surface area (Å²) in [5.74, 6) is -0.0782. The number of nitrogens with two attached hydrogens (primary N) is 1. The van der Waals surface area contributed by atoms with Crippen molar-refractivity contribution in [1.82, 2.24) is 4.72 Å². The number of hydrogen-bond donors (Lipinski definition) is 3. The first-order valence-electron chi connectivity index (χ1n) is 6.09. The molecule has 0 saturated heterocycles. The van der Waals surface area contributed by atoms with E-state index >= 15 is 0 Å². The summed E-state index contributed by atoms with van der Waals surface area (Å²) in [6.07, 6.45) is 2.75. The maximum absolute atomic E-state index is 12.5. The fourth-order valence-corrected chi connectivity index (χ4v) is 6.35. The zero-order chi connectivity index (χ0) is 15.0. The van der Waals surface area contributed by atoms with Crippen molar-refractivity contribution >= 4 is 43.1 Å². The van der Waals surface area contributed by atoms with E-state index in [-0.39, 0.29) is 10.7 Å². The average molecular weight is 382 g/mol. The second-order valence-corrected chi connectivity index (χ2v) is 9.14. The van der Waals surface area contributed by atoms with Gasteiger partial charge in [-0.2, -0.15) is 4.72 Å². The van der Waals surface area contributed by atoms with Crippen LogP contribution < -0.4 is 10.5 Å². The molecule has 112 valence electrons. The Bertz CT molecular complexity index is 633. The molecule has 4 N–H and O–H groups in total. The first-order chi connectivity index (χ1) is 9.31. The highest BCUT2D eigenvalue weighted by Gasteiger charge is 2.42. The first-order valence-corrected chi connectivity index (χ1v) is 9.18. The van der Waals surface area contributed by atoms with Crippen molar-refractivity contribution in [2.75, 3.05) is 0 Å². The molecule has 0 aromatic carbocycles. The summed E-state index contributed by atoms with van der Waals surface area (Å²) < 4.78 is 28.4. The third kappa shape index (κ3) is 2.85. The van der Waals surface area contributed by atoms with Gasteiger partial charge in [0, 0.05) is 4.88 Å². The lowest BCUT2D eigenvalue weighted by molar-refractivity contribution is 0.309. The summed E-state index contributed by atoms with van der Waals surface area (Å²) in [4.78, 5) is 0.920. The third-order valence-corrected chi connectivity index (χ3v) is 6.86. The van der Waals surface area contributed by atoms with Gasteiger partial charge in [-0.05, 0) is 41.8 Å². The summed E-state index contributed by atoms with van der Waals surface area (Å²) in [7, 11) is -3.71. The van der Waals surface area contributed by atoms with Gasteiger partial charge in [0.2, 0.25) is 10.0 Å². The molecule has 0 spiro atoms. The minimum atomic E-state index is -3.71. The lowest BCUT2D eigenvalue weighted by Gasteiger charge is -2.28. The largest absolute Gasteiger partial charge is 0.409 e. The minimum absolute atomic E-state index is 0.0782. The molecular weight excluding hydrogens is 366 g/mol. The maximum atomic E-state index is 12.5. The lowest BCUT2D eigenvalue weighted by atomic mass is 9.98. The Morgan fingerprint density at radius 2 is 2.15 bits per heavy atom. The number of nitrogens with one attached hydrogen (secondary N) is 1. The number of hydrogen-bond acceptors (Lipinski definition) is 5. The number of thiophene rings is 1. The molecule has 6 nitrogen and oxygen atoms in total. The molecule has 0 bridgehead atoms. The van der Waals surface area contributed by atoms with E-state index in [2.05, 4.69) is 25.8 Å². The van der Waals surface area contributed by atoms with Gasteiger partial charge in [-0.25, -0.2) is 8.42 Å². The lowest BCUT2D eigenvalue weighted by Crippen LogP contribution is -2.55. The highest BCUT2D eigenvalue weighted by atomic mass is 79.9. The molecule has 0 radical (unpaired) electrons. The first kappa shape index (κ1) is 15.7. The highest BCUT2D eigenvalue weighted by Crippen LogP contribution is 2.34. The van der Waals surface area contributed by atoms with Gasteiger partial charge in [0.1, 0.15) is 0 Å². The summed E-state index contributed by atoms with van der Waals surface area (Å²) in [5.41, 5.74) is 4.73. The van der Waals surface area contributed by atoms with Gasteiger partial charge in [0.05, 0.1) is 14.2 Å². The van der Waals surface area contributed by atoms with E-state index in [9.17, 15) is 8.42 Å². The van der Waals surface area contributed by atoms with Crippen LogP contribution in [-0.2, 0) is 10.0 Å². The number of amidine groups is 1. The molecule has 2 rings (SSSR count). The van der Waals surface area contributed by atoms with Crippen LogP contribution in [0.2, 0.25) is 0 Å². The second-order valence-electron chi connectivity index (χ2n) is 4.85. The monoisotopic (exact) mass is 381 g/mol. The molecule has 0 unspecified atom stereocenters. The summed E-state index contributed by atoms with van der Waals surface area (Å²) in [5, 5.41) is 11.9. The molecule has 1 aliphatic carbocycles. The Balaban J connectivity index is 2.38. The van der Waals surface area contributed by atoms with Crippen LogP contribution >= 0.6 is 27.3 Å². The van der Waals surface area contributed by atoms with Gasteiger partial charge in [-0.15, -0.1) is 11.3 Å². The van der Waals surface area contributed by atoms with E-state index in [1.165, 1.54) is 11.3 Å². The van der Waals surface area contributed by atoms with Crippen molar-refractivity contribution in [2.45, 2.75) is 43.0 Å². The zero-order valence-electron chi connectivity index (χ0n) is 10.9. The van der Waals surface area contributed by atoms with Gasteiger partial charge in [0.25, 0.3) is 0 Å². The third-order valence-electron chi connectivity index (χ3n) is 3.52. The molecule has 20 heavy (non-hydrogen) atoms. The fourth-order valence-electron chi connectivity index (χ4n) is 2.49. The SMILES string of the molecule is Cc1sc(Br)cc1S(=O)(=O)NC1(C(N)=NO)CCCC1. The molecule has 1 aliphatic rings. The Morgan fingerprint density at radius 3 is 2.60 bits per heavy atom. The highest BCUT2D eigenvalue weighted by molar-refractivity contribution is 9.11. The molecule has 1 saturated carbocycles. The van der Waals surface area contributed by atoms with Crippen molar-refractivity contribution in [2.24, 2.45) is 10.9 Å². The molecule has 1 aromatic heterocycles. The number of rotatable bonds is 4. The van der Waals surface area contributed by atoms with Crippen LogP contribution in [-0.4, -0.2) is 25.0 Å². The number of nitrogens with zero attached hydrogens (tertiary/aromatic N) is 1. The Hall–Kier alpha value is -0.640. The predicted molar refractivity (Wildman–Crippen MR) is 81.7 cm³/mol. The van der Waals surface area contributed by atoms with Crippen LogP contribution in [0.1, 0.15) is 30.6 Å².